The van der Waals surface area contributed by atoms with Crippen molar-refractivity contribution in [3.63, 3.8) is 0 Å². The molecule has 0 atom stereocenters. The number of amides is 2. The minimum absolute atomic E-state index is 0.00148. The van der Waals surface area contributed by atoms with E-state index in [0.29, 0.717) is 23.7 Å². The van der Waals surface area contributed by atoms with Crippen molar-refractivity contribution in [3.8, 4) is 11.4 Å². The van der Waals surface area contributed by atoms with E-state index in [1.807, 2.05) is 66.3 Å². The monoisotopic (exact) mass is 584 g/mol. The normalized spacial score (nSPS) is 13.1. The first-order valence-electron chi connectivity index (χ1n) is 12.2. The fourth-order valence-corrected chi connectivity index (χ4v) is 4.36. The quantitative estimate of drug-likeness (QED) is 0.339. The molecule has 1 aliphatic rings. The van der Waals surface area contributed by atoms with Gasteiger partial charge in [-0.15, -0.1) is 0 Å². The van der Waals surface area contributed by atoms with Crippen LogP contribution in [0.25, 0.3) is 11.4 Å². The minimum Gasteiger partial charge on any atom is -0.475 e. The first kappa shape index (κ1) is 29.3. The summed E-state index contributed by atoms with van der Waals surface area (Å²) in [4.78, 5) is 43.2. The number of carbonyl (C=O) groups excluding carboxylic acids is 2. The molecule has 2 amide bonds. The number of hydrogen-bond donors (Lipinski definition) is 1. The largest absolute Gasteiger partial charge is 0.490 e. The lowest BCUT2D eigenvalue weighted by Crippen LogP contribution is -2.39. The van der Waals surface area contributed by atoms with Crippen molar-refractivity contribution < 1.29 is 32.7 Å². The first-order valence-corrected chi connectivity index (χ1v) is 12.6. The van der Waals surface area contributed by atoms with Gasteiger partial charge in [-0.3, -0.25) is 9.59 Å². The Bertz CT molecular complexity index is 1550. The second-order valence-corrected chi connectivity index (χ2v) is 9.57. The number of aromatic nitrogens is 2. The van der Waals surface area contributed by atoms with Gasteiger partial charge in [0.1, 0.15) is 12.4 Å². The molecule has 0 bridgehead atoms. The fourth-order valence-electron chi connectivity index (χ4n) is 4.23. The molecule has 4 aromatic rings. The molecule has 0 radical (unpaired) electrons. The number of fused-ring (bicyclic) bond motifs is 1. The van der Waals surface area contributed by atoms with Crippen LogP contribution in [0.2, 0.25) is 5.02 Å². The minimum atomic E-state index is -5.08. The Balaban J connectivity index is 0.000000493. The second kappa shape index (κ2) is 12.3. The lowest BCUT2D eigenvalue weighted by atomic mass is 10.1. The zero-order chi connectivity index (χ0) is 29.7. The molecule has 212 valence electrons. The van der Waals surface area contributed by atoms with Crippen molar-refractivity contribution in [2.24, 2.45) is 7.05 Å². The van der Waals surface area contributed by atoms with Gasteiger partial charge in [0, 0.05) is 47.8 Å². The lowest BCUT2D eigenvalue weighted by molar-refractivity contribution is -0.192. The van der Waals surface area contributed by atoms with Crippen molar-refractivity contribution in [2.45, 2.75) is 19.3 Å². The summed E-state index contributed by atoms with van der Waals surface area (Å²) in [6.45, 7) is 0.777. The molecule has 12 heteroatoms. The van der Waals surface area contributed by atoms with Gasteiger partial charge in [-0.2, -0.15) is 13.2 Å². The molecule has 2 heterocycles. The molecule has 0 saturated heterocycles. The van der Waals surface area contributed by atoms with E-state index in [4.69, 9.17) is 21.5 Å². The number of anilines is 1. The van der Waals surface area contributed by atoms with Crippen LogP contribution in [0, 0.1) is 0 Å². The van der Waals surface area contributed by atoms with E-state index in [2.05, 4.69) is 4.98 Å². The van der Waals surface area contributed by atoms with Gasteiger partial charge in [-0.25, -0.2) is 9.78 Å². The molecule has 5 rings (SSSR count). The van der Waals surface area contributed by atoms with Gasteiger partial charge in [-0.05, 0) is 41.5 Å². The molecule has 1 N–H and O–H groups in total. The van der Waals surface area contributed by atoms with Crippen molar-refractivity contribution in [2.75, 3.05) is 11.4 Å². The molecule has 1 aromatic heterocycles. The van der Waals surface area contributed by atoms with E-state index in [0.717, 1.165) is 28.2 Å². The van der Waals surface area contributed by atoms with E-state index in [1.165, 1.54) is 0 Å². The molecule has 0 unspecified atom stereocenters. The van der Waals surface area contributed by atoms with E-state index in [-0.39, 0.29) is 18.4 Å². The molecule has 3 aromatic carbocycles. The average Bonchev–Trinajstić information content (AvgIpc) is 3.31. The van der Waals surface area contributed by atoms with Crippen LogP contribution in [0.3, 0.4) is 0 Å². The highest BCUT2D eigenvalue weighted by atomic mass is 35.5. The van der Waals surface area contributed by atoms with Crippen LogP contribution in [-0.4, -0.2) is 50.1 Å². The summed E-state index contributed by atoms with van der Waals surface area (Å²) >= 11 is 5.97. The maximum atomic E-state index is 13.4. The number of carboxylic acids is 1. The molecule has 0 aliphatic carbocycles. The van der Waals surface area contributed by atoms with Gasteiger partial charge in [0.2, 0.25) is 5.91 Å². The third kappa shape index (κ3) is 7.12. The SMILES string of the molecule is Cn1ccnc1-c1ccc(CN2C(=O)CN(C(=O)c3ccc(Cl)cc3)Cc3ccccc32)cc1.O=C(O)C(F)(F)F. The highest BCUT2D eigenvalue weighted by Crippen LogP contribution is 2.29. The standard InChI is InChI=1S/C27H23ClN4O2.C2HF3O2/c1-30-15-14-29-26(30)20-8-6-19(7-9-20)16-32-24-5-3-2-4-22(24)17-31(18-25(32)33)27(34)21-10-12-23(28)13-11-21;3-2(4,5)1(6)7/h2-15H,16-18H2,1H3;(H,6,7). The number of carboxylic acid groups (broad SMARTS) is 1. The average molecular weight is 585 g/mol. The Hall–Kier alpha value is -4.64. The summed E-state index contributed by atoms with van der Waals surface area (Å²) in [6, 6.07) is 22.6. The second-order valence-electron chi connectivity index (χ2n) is 9.14. The highest BCUT2D eigenvalue weighted by molar-refractivity contribution is 6.30. The summed E-state index contributed by atoms with van der Waals surface area (Å²) in [5.74, 6) is -2.19. The third-order valence-electron chi connectivity index (χ3n) is 6.27. The van der Waals surface area contributed by atoms with Crippen LogP contribution in [-0.2, 0) is 29.7 Å². The maximum absolute atomic E-state index is 13.4. The molecular formula is C29H24ClF3N4O4. The van der Waals surface area contributed by atoms with Crippen LogP contribution in [0.1, 0.15) is 21.5 Å². The zero-order valence-corrected chi connectivity index (χ0v) is 22.4. The Morgan fingerprint density at radius 2 is 1.61 bits per heavy atom. The Labute approximate surface area is 238 Å². The number of aliphatic carboxylic acids is 1. The molecule has 8 nitrogen and oxygen atoms in total. The third-order valence-corrected chi connectivity index (χ3v) is 6.52. The highest BCUT2D eigenvalue weighted by Gasteiger charge is 2.38. The lowest BCUT2D eigenvalue weighted by Gasteiger charge is -2.23. The van der Waals surface area contributed by atoms with Gasteiger partial charge >= 0.3 is 12.1 Å². The van der Waals surface area contributed by atoms with Gasteiger partial charge in [0.25, 0.3) is 5.91 Å². The van der Waals surface area contributed by atoms with E-state index in [9.17, 15) is 22.8 Å². The molecule has 0 fully saturated rings. The number of aryl methyl sites for hydroxylation is 1. The number of alkyl halides is 3. The molecule has 0 spiro atoms. The summed E-state index contributed by atoms with van der Waals surface area (Å²) < 4.78 is 33.7. The first-order chi connectivity index (χ1) is 19.4. The number of rotatable bonds is 4. The van der Waals surface area contributed by atoms with Gasteiger partial charge < -0.3 is 19.5 Å². The Morgan fingerprint density at radius 3 is 2.20 bits per heavy atom. The fraction of sp³-hybridized carbons (Fsp3) is 0.172. The van der Waals surface area contributed by atoms with Gasteiger partial charge in [0.15, 0.2) is 0 Å². The van der Waals surface area contributed by atoms with E-state index in [1.54, 1.807) is 40.3 Å². The molecule has 41 heavy (non-hydrogen) atoms. The van der Waals surface area contributed by atoms with Crippen LogP contribution in [0.4, 0.5) is 18.9 Å². The summed E-state index contributed by atoms with van der Waals surface area (Å²) in [7, 11) is 1.96. The van der Waals surface area contributed by atoms with Crippen LogP contribution in [0.5, 0.6) is 0 Å². The van der Waals surface area contributed by atoms with Crippen molar-refractivity contribution >= 4 is 35.1 Å². The van der Waals surface area contributed by atoms with Gasteiger partial charge in [0.05, 0.1) is 6.54 Å². The van der Waals surface area contributed by atoms with Crippen LogP contribution < -0.4 is 4.90 Å². The van der Waals surface area contributed by atoms with Crippen molar-refractivity contribution in [1.82, 2.24) is 14.5 Å². The van der Waals surface area contributed by atoms with E-state index >= 15 is 0 Å². The van der Waals surface area contributed by atoms with Crippen LogP contribution in [0.15, 0.2) is 85.2 Å². The Morgan fingerprint density at radius 1 is 0.976 bits per heavy atom. The summed E-state index contributed by atoms with van der Waals surface area (Å²) in [5, 5.41) is 7.69. The number of halogens is 4. The number of para-hydroxylation sites is 1. The predicted octanol–water partition coefficient (Wildman–Crippen LogP) is 5.56. The number of imidazole rings is 1. The van der Waals surface area contributed by atoms with E-state index < -0.39 is 12.1 Å². The topological polar surface area (TPSA) is 95.7 Å². The number of hydrogen-bond acceptors (Lipinski definition) is 4. The maximum Gasteiger partial charge on any atom is 0.490 e. The molecule has 0 saturated carbocycles. The molecule has 1 aliphatic heterocycles. The predicted molar refractivity (Wildman–Crippen MR) is 146 cm³/mol. The van der Waals surface area contributed by atoms with Crippen molar-refractivity contribution in [1.29, 1.82) is 0 Å². The van der Waals surface area contributed by atoms with Gasteiger partial charge in [-0.1, -0.05) is 54.1 Å². The summed E-state index contributed by atoms with van der Waals surface area (Å²) in [5.41, 5.74) is 4.28. The smallest absolute Gasteiger partial charge is 0.475 e. The molecular weight excluding hydrogens is 561 g/mol. The van der Waals surface area contributed by atoms with Crippen LogP contribution >= 0.6 is 11.6 Å². The number of carbonyl (C=O) groups is 3. The number of benzene rings is 3. The zero-order valence-electron chi connectivity index (χ0n) is 21.7. The van der Waals surface area contributed by atoms with Crippen molar-refractivity contribution in [3.05, 3.63) is 107 Å². The Kier molecular flexibility index (Phi) is 8.77. The number of nitrogens with zero attached hydrogens (tertiary/aromatic N) is 4. The summed E-state index contributed by atoms with van der Waals surface area (Å²) in [6.07, 6.45) is -1.40.